The monoisotopic (exact) mass is 406 g/mol. The summed E-state index contributed by atoms with van der Waals surface area (Å²) in [6, 6.07) is 8.36. The fourth-order valence-corrected chi connectivity index (χ4v) is 3.99. The van der Waals surface area contributed by atoms with Crippen molar-refractivity contribution in [3.05, 3.63) is 52.8 Å². The Morgan fingerprint density at radius 3 is 2.70 bits per heavy atom. The minimum absolute atomic E-state index is 0.0321. The van der Waals surface area contributed by atoms with Gasteiger partial charge in [0.25, 0.3) is 0 Å². The maximum Gasteiger partial charge on any atom is 0.231 e. The van der Waals surface area contributed by atoms with E-state index < -0.39 is 0 Å². The number of aryl methyl sites for hydroxylation is 1. The van der Waals surface area contributed by atoms with Crippen LogP contribution in [0.5, 0.6) is 0 Å². The molecule has 0 bridgehead atoms. The van der Waals surface area contributed by atoms with Crippen LogP contribution in [0.25, 0.3) is 11.4 Å². The maximum atomic E-state index is 13.2. The fourth-order valence-electron chi connectivity index (χ4n) is 3.99. The van der Waals surface area contributed by atoms with Crippen molar-refractivity contribution in [3.8, 4) is 17.5 Å². The number of hydrogen-bond acceptors (Lipinski definition) is 7. The molecular weight excluding hydrogens is 383 g/mol. The minimum atomic E-state index is -0.305. The zero-order chi connectivity index (χ0) is 21.1. The summed E-state index contributed by atoms with van der Waals surface area (Å²) in [6.07, 6.45) is 3.32. The zero-order valence-corrected chi connectivity index (χ0v) is 17.1. The molecule has 154 valence electrons. The molecule has 0 spiro atoms. The van der Waals surface area contributed by atoms with E-state index in [2.05, 4.69) is 31.3 Å². The van der Waals surface area contributed by atoms with Gasteiger partial charge in [0.05, 0.1) is 11.6 Å². The molecule has 4 rings (SSSR count). The van der Waals surface area contributed by atoms with Crippen LogP contribution in [-0.2, 0) is 12.8 Å². The van der Waals surface area contributed by atoms with E-state index in [1.165, 1.54) is 12.1 Å². The third-order valence-electron chi connectivity index (χ3n) is 5.55. The van der Waals surface area contributed by atoms with Gasteiger partial charge in [-0.1, -0.05) is 19.0 Å². The Kier molecular flexibility index (Phi) is 5.70. The van der Waals surface area contributed by atoms with E-state index in [1.807, 2.05) is 13.8 Å². The Bertz CT molecular complexity index is 1070. The van der Waals surface area contributed by atoms with Crippen LogP contribution in [0.2, 0.25) is 0 Å². The number of hydrogen-bond donors (Lipinski definition) is 0. The molecule has 2 aromatic heterocycles. The average molecular weight is 406 g/mol. The molecule has 0 aliphatic carbocycles. The van der Waals surface area contributed by atoms with E-state index in [9.17, 15) is 9.65 Å². The molecule has 1 aromatic carbocycles. The van der Waals surface area contributed by atoms with Crippen molar-refractivity contribution in [1.82, 2.24) is 20.3 Å². The van der Waals surface area contributed by atoms with Gasteiger partial charge in [0.1, 0.15) is 17.4 Å². The smallest absolute Gasteiger partial charge is 0.231 e. The lowest BCUT2D eigenvalue weighted by atomic mass is 9.96. The average Bonchev–Trinajstić information content (AvgIpc) is 3.28. The number of benzene rings is 1. The third-order valence-corrected chi connectivity index (χ3v) is 5.55. The summed E-state index contributed by atoms with van der Waals surface area (Å²) in [6.45, 7) is 5.49. The highest BCUT2D eigenvalue weighted by Crippen LogP contribution is 2.32. The summed E-state index contributed by atoms with van der Waals surface area (Å²) in [5.41, 5.74) is 3.18. The lowest BCUT2D eigenvalue weighted by Gasteiger charge is -2.32. The topological polar surface area (TPSA) is 91.7 Å². The van der Waals surface area contributed by atoms with Crippen LogP contribution in [-0.4, -0.2) is 33.4 Å². The van der Waals surface area contributed by atoms with Crippen LogP contribution in [0.4, 0.5) is 10.2 Å². The Morgan fingerprint density at radius 1 is 1.20 bits per heavy atom. The second kappa shape index (κ2) is 8.57. The molecule has 30 heavy (non-hydrogen) atoms. The van der Waals surface area contributed by atoms with Crippen molar-refractivity contribution in [2.24, 2.45) is 0 Å². The molecule has 0 saturated carbocycles. The van der Waals surface area contributed by atoms with Gasteiger partial charge >= 0.3 is 0 Å². The number of nitrogens with zero attached hydrogens (tertiary/aromatic N) is 6. The predicted octanol–water partition coefficient (Wildman–Crippen LogP) is 4.05. The summed E-state index contributed by atoms with van der Waals surface area (Å²) in [5.74, 6) is 1.35. The van der Waals surface area contributed by atoms with Crippen molar-refractivity contribution >= 4 is 5.82 Å². The molecule has 1 fully saturated rings. The first-order valence-corrected chi connectivity index (χ1v) is 10.3. The molecule has 1 atom stereocenters. The molecule has 0 N–H and O–H groups in total. The number of nitriles is 1. The number of piperidine rings is 1. The van der Waals surface area contributed by atoms with Gasteiger partial charge in [0.15, 0.2) is 5.82 Å². The molecule has 1 saturated heterocycles. The van der Waals surface area contributed by atoms with Crippen LogP contribution in [0.3, 0.4) is 0 Å². The van der Waals surface area contributed by atoms with Crippen LogP contribution in [0.15, 0.2) is 28.8 Å². The van der Waals surface area contributed by atoms with Crippen LogP contribution in [0.1, 0.15) is 55.3 Å². The van der Waals surface area contributed by atoms with Crippen molar-refractivity contribution in [3.63, 3.8) is 0 Å². The molecule has 7 nitrogen and oxygen atoms in total. The molecule has 8 heteroatoms. The molecule has 1 unspecified atom stereocenters. The highest BCUT2D eigenvalue weighted by Gasteiger charge is 2.29. The first-order chi connectivity index (χ1) is 14.6. The van der Waals surface area contributed by atoms with Crippen LogP contribution in [0, 0.1) is 17.1 Å². The Labute approximate surface area is 174 Å². The van der Waals surface area contributed by atoms with E-state index in [1.54, 1.807) is 12.1 Å². The SMILES string of the molecule is CCc1nnc(N2CCCC(c3nc(-c4ccc(F)cc4)no3)C2)c(C#N)c1CC. The van der Waals surface area contributed by atoms with Gasteiger partial charge in [-0.3, -0.25) is 0 Å². The molecule has 0 radical (unpaired) electrons. The van der Waals surface area contributed by atoms with Crippen LogP contribution < -0.4 is 4.90 Å². The molecule has 0 amide bonds. The second-order valence-electron chi connectivity index (χ2n) is 7.39. The summed E-state index contributed by atoms with van der Waals surface area (Å²) in [4.78, 5) is 6.64. The van der Waals surface area contributed by atoms with E-state index in [4.69, 9.17) is 4.52 Å². The van der Waals surface area contributed by atoms with Gasteiger partial charge in [0.2, 0.25) is 11.7 Å². The number of halogens is 1. The Balaban J connectivity index is 1.59. The van der Waals surface area contributed by atoms with E-state index in [0.29, 0.717) is 35.2 Å². The maximum absolute atomic E-state index is 13.2. The number of anilines is 1. The van der Waals surface area contributed by atoms with Gasteiger partial charge < -0.3 is 9.42 Å². The summed E-state index contributed by atoms with van der Waals surface area (Å²) < 4.78 is 18.7. The van der Waals surface area contributed by atoms with Crippen molar-refractivity contribution < 1.29 is 8.91 Å². The largest absolute Gasteiger partial charge is 0.353 e. The molecule has 1 aliphatic heterocycles. The standard InChI is InChI=1S/C22H23FN6O/c1-3-17-18(12-24)21(27-26-19(17)4-2)29-11-5-6-15(13-29)22-25-20(28-30-22)14-7-9-16(23)10-8-14/h7-10,15H,3-6,11,13H2,1-2H3. The quantitative estimate of drug-likeness (QED) is 0.631. The first kappa shape index (κ1) is 20.0. The lowest BCUT2D eigenvalue weighted by molar-refractivity contribution is 0.333. The van der Waals surface area contributed by atoms with Gasteiger partial charge in [-0.05, 0) is 55.5 Å². The van der Waals surface area contributed by atoms with Gasteiger partial charge in [-0.25, -0.2) is 4.39 Å². The van der Waals surface area contributed by atoms with E-state index >= 15 is 0 Å². The zero-order valence-electron chi connectivity index (χ0n) is 17.1. The van der Waals surface area contributed by atoms with E-state index in [0.717, 1.165) is 43.5 Å². The molecule has 3 heterocycles. The van der Waals surface area contributed by atoms with Crippen molar-refractivity contribution in [1.29, 1.82) is 5.26 Å². The van der Waals surface area contributed by atoms with Crippen molar-refractivity contribution in [2.45, 2.75) is 45.4 Å². The summed E-state index contributed by atoms with van der Waals surface area (Å²) in [5, 5.41) is 22.6. The first-order valence-electron chi connectivity index (χ1n) is 10.3. The van der Waals surface area contributed by atoms with Gasteiger partial charge in [-0.2, -0.15) is 15.3 Å². The normalized spacial score (nSPS) is 16.5. The summed E-state index contributed by atoms with van der Waals surface area (Å²) >= 11 is 0. The van der Waals surface area contributed by atoms with E-state index in [-0.39, 0.29) is 11.7 Å². The van der Waals surface area contributed by atoms with Crippen LogP contribution >= 0.6 is 0 Å². The van der Waals surface area contributed by atoms with Gasteiger partial charge in [-0.15, -0.1) is 5.10 Å². The highest BCUT2D eigenvalue weighted by molar-refractivity contribution is 5.58. The number of rotatable bonds is 5. The molecule has 3 aromatic rings. The summed E-state index contributed by atoms with van der Waals surface area (Å²) in [7, 11) is 0. The molecule has 1 aliphatic rings. The van der Waals surface area contributed by atoms with Crippen molar-refractivity contribution in [2.75, 3.05) is 18.0 Å². The highest BCUT2D eigenvalue weighted by atomic mass is 19.1. The second-order valence-corrected chi connectivity index (χ2v) is 7.39. The predicted molar refractivity (Wildman–Crippen MR) is 109 cm³/mol. The lowest BCUT2D eigenvalue weighted by Crippen LogP contribution is -2.36. The third kappa shape index (κ3) is 3.75. The number of aromatic nitrogens is 4. The molecular formula is C22H23FN6O. The Morgan fingerprint density at radius 2 is 2.00 bits per heavy atom. The Hall–Kier alpha value is -3.34. The minimum Gasteiger partial charge on any atom is -0.353 e. The van der Waals surface area contributed by atoms with Gasteiger partial charge in [0, 0.05) is 18.7 Å². The fraction of sp³-hybridized carbons (Fsp3) is 0.409.